The Morgan fingerprint density at radius 2 is 2.05 bits per heavy atom. The summed E-state index contributed by atoms with van der Waals surface area (Å²) in [5.74, 6) is -1.58. The van der Waals surface area contributed by atoms with Crippen molar-refractivity contribution in [3.63, 3.8) is 0 Å². The molecule has 0 radical (unpaired) electrons. The van der Waals surface area contributed by atoms with E-state index in [1.807, 2.05) is 0 Å². The normalized spacial score (nSPS) is 21.0. The number of hydrogen-bond donors (Lipinski definition) is 3. The summed E-state index contributed by atoms with van der Waals surface area (Å²) in [6, 6.07) is 8.09. The molecule has 1 aliphatic heterocycles. The molecule has 0 spiro atoms. The Morgan fingerprint density at radius 3 is 2.73 bits per heavy atom. The molecule has 10 nitrogen and oxygen atoms in total. The van der Waals surface area contributed by atoms with E-state index in [0.717, 1.165) is 0 Å². The van der Waals surface area contributed by atoms with Crippen molar-refractivity contribution in [1.29, 1.82) is 0 Å². The van der Waals surface area contributed by atoms with E-state index in [9.17, 15) is 29.0 Å². The van der Waals surface area contributed by atoms with Gasteiger partial charge in [-0.15, -0.1) is 0 Å². The number of carbonyl (C=O) groups is 3. The predicted molar refractivity (Wildman–Crippen MR) is 142 cm³/mol. The highest BCUT2D eigenvalue weighted by Crippen LogP contribution is 2.51. The molecule has 0 fully saturated rings. The minimum atomic E-state index is -1.28. The number of amides is 2. The Labute approximate surface area is 231 Å². The molecule has 0 aromatic heterocycles. The van der Waals surface area contributed by atoms with Crippen molar-refractivity contribution in [3.05, 3.63) is 70.6 Å². The fraction of sp³-hybridized carbons (Fsp3) is 0.414. The van der Waals surface area contributed by atoms with Crippen LogP contribution in [0.25, 0.3) is 0 Å². The number of halogens is 1. The number of ether oxygens (including phenoxy) is 3. The minimum absolute atomic E-state index is 0.0151. The second-order valence-electron chi connectivity index (χ2n) is 9.51. The van der Waals surface area contributed by atoms with Crippen LogP contribution >= 0.6 is 0 Å². The van der Waals surface area contributed by atoms with Crippen LogP contribution in [0.5, 0.6) is 11.5 Å². The molecule has 2 aromatic carbocycles. The Bertz CT molecular complexity index is 1280. The number of fused-ring (bicyclic) bond motifs is 3. The molecule has 4 rings (SSSR count). The first-order chi connectivity index (χ1) is 19.3. The van der Waals surface area contributed by atoms with Crippen LogP contribution in [0, 0.1) is 5.82 Å². The van der Waals surface area contributed by atoms with Crippen LogP contribution in [-0.4, -0.2) is 91.5 Å². The van der Waals surface area contributed by atoms with Crippen LogP contribution in [0.2, 0.25) is 0 Å². The summed E-state index contributed by atoms with van der Waals surface area (Å²) in [4.78, 5) is 39.7. The van der Waals surface area contributed by atoms with Gasteiger partial charge >= 0.3 is 0 Å². The van der Waals surface area contributed by atoms with Crippen molar-refractivity contribution >= 4 is 18.1 Å². The fourth-order valence-electron chi connectivity index (χ4n) is 5.21. The highest BCUT2D eigenvalue weighted by atomic mass is 19.1. The number of aliphatic hydroxyl groups excluding tert-OH is 2. The van der Waals surface area contributed by atoms with Gasteiger partial charge in [-0.05, 0) is 49.2 Å². The van der Waals surface area contributed by atoms with E-state index in [2.05, 4.69) is 5.32 Å². The lowest BCUT2D eigenvalue weighted by molar-refractivity contribution is -0.141. The average molecular weight is 557 g/mol. The van der Waals surface area contributed by atoms with Gasteiger partial charge in [0.1, 0.15) is 30.9 Å². The smallest absolute Gasteiger partial charge is 0.249 e. The number of hydrogen-bond acceptors (Lipinski definition) is 8. The largest absolute Gasteiger partial charge is 0.493 e. The van der Waals surface area contributed by atoms with Gasteiger partial charge in [-0.3, -0.25) is 14.4 Å². The molecule has 0 unspecified atom stereocenters. The summed E-state index contributed by atoms with van der Waals surface area (Å²) < 4.78 is 30.8. The van der Waals surface area contributed by atoms with E-state index in [1.165, 1.54) is 36.3 Å². The van der Waals surface area contributed by atoms with Gasteiger partial charge < -0.3 is 34.6 Å². The molecule has 2 amide bonds. The first-order valence-electron chi connectivity index (χ1n) is 13.1. The molecular weight excluding hydrogens is 523 g/mol. The molecule has 214 valence electrons. The van der Waals surface area contributed by atoms with E-state index in [0.29, 0.717) is 29.6 Å². The van der Waals surface area contributed by atoms with Crippen LogP contribution in [-0.2, 0) is 20.7 Å². The van der Waals surface area contributed by atoms with E-state index >= 15 is 0 Å². The highest BCUT2D eigenvalue weighted by Gasteiger charge is 2.51. The van der Waals surface area contributed by atoms with Crippen LogP contribution in [0.1, 0.15) is 34.3 Å². The lowest BCUT2D eigenvalue weighted by atomic mass is 9.77. The van der Waals surface area contributed by atoms with E-state index in [1.54, 1.807) is 25.1 Å². The Balaban J connectivity index is 1.76. The lowest BCUT2D eigenvalue weighted by Crippen LogP contribution is -2.56. The van der Waals surface area contributed by atoms with Crippen LogP contribution in [0.15, 0.2) is 48.0 Å². The molecule has 1 heterocycles. The summed E-state index contributed by atoms with van der Waals surface area (Å²) in [6.45, 7) is 1.58. The van der Waals surface area contributed by atoms with Crippen molar-refractivity contribution in [2.75, 3.05) is 40.0 Å². The Morgan fingerprint density at radius 1 is 1.25 bits per heavy atom. The third kappa shape index (κ3) is 6.01. The third-order valence-electron chi connectivity index (χ3n) is 7.05. The van der Waals surface area contributed by atoms with Gasteiger partial charge in [0.15, 0.2) is 11.5 Å². The topological polar surface area (TPSA) is 135 Å². The van der Waals surface area contributed by atoms with E-state index < -0.39 is 41.8 Å². The predicted octanol–water partition coefficient (Wildman–Crippen LogP) is 1.38. The van der Waals surface area contributed by atoms with Gasteiger partial charge in [-0.25, -0.2) is 4.39 Å². The summed E-state index contributed by atoms with van der Waals surface area (Å²) in [5.41, 5.74) is 1.65. The number of carbonyl (C=O) groups excluding carboxylic acids is 3. The number of aldehydes is 1. The van der Waals surface area contributed by atoms with Crippen molar-refractivity contribution in [2.45, 2.75) is 37.5 Å². The SMILES string of the molecule is CCOCC(=O)N(CCc1cccc(F)c1)[C@@H]1C=C(C(=O)NCCO)[C@@H]2c3cc(C=O)cc(OC)c3O[C@@H]2[C@H]1O. The van der Waals surface area contributed by atoms with Crippen molar-refractivity contribution < 1.29 is 43.2 Å². The van der Waals surface area contributed by atoms with Gasteiger partial charge in [0, 0.05) is 36.4 Å². The number of aliphatic hydroxyl groups is 2. The summed E-state index contributed by atoms with van der Waals surface area (Å²) in [6.07, 6.45) is 0.173. The number of nitrogens with zero attached hydrogens (tertiary/aromatic N) is 1. The van der Waals surface area contributed by atoms with E-state index in [-0.39, 0.29) is 49.8 Å². The first-order valence-corrected chi connectivity index (χ1v) is 13.1. The van der Waals surface area contributed by atoms with Gasteiger partial charge in [-0.1, -0.05) is 12.1 Å². The number of benzene rings is 2. The monoisotopic (exact) mass is 556 g/mol. The van der Waals surface area contributed by atoms with Crippen LogP contribution < -0.4 is 14.8 Å². The van der Waals surface area contributed by atoms with Gasteiger partial charge in [0.2, 0.25) is 11.8 Å². The van der Waals surface area contributed by atoms with E-state index in [4.69, 9.17) is 14.2 Å². The maximum absolute atomic E-state index is 13.8. The second-order valence-corrected chi connectivity index (χ2v) is 9.51. The minimum Gasteiger partial charge on any atom is -0.493 e. The molecule has 11 heteroatoms. The van der Waals surface area contributed by atoms with Gasteiger partial charge in [0.05, 0.1) is 25.7 Å². The lowest BCUT2D eigenvalue weighted by Gasteiger charge is -2.40. The molecule has 2 aromatic rings. The van der Waals surface area contributed by atoms with Gasteiger partial charge in [-0.2, -0.15) is 0 Å². The van der Waals surface area contributed by atoms with Gasteiger partial charge in [0.25, 0.3) is 0 Å². The molecule has 3 N–H and O–H groups in total. The molecular formula is C29H33FN2O8. The summed E-state index contributed by atoms with van der Waals surface area (Å²) >= 11 is 0. The average Bonchev–Trinajstić information content (AvgIpc) is 3.35. The third-order valence-corrected chi connectivity index (χ3v) is 7.05. The quantitative estimate of drug-likeness (QED) is 0.334. The molecule has 0 saturated carbocycles. The standard InChI is InChI=1S/C29H33FN2O8/c1-3-39-16-24(35)32(9-7-17-5-4-6-19(30)11-17)22-14-21(29(37)31-8-10-33)25-20-12-18(15-34)13-23(38-2)27(20)40-28(25)26(22)36/h4-6,11-15,22,25-26,28,33,36H,3,7-10,16H2,1-2H3,(H,31,37)/t22-,25+,26+,28+/m1/s1. The van der Waals surface area contributed by atoms with Crippen molar-refractivity contribution in [1.82, 2.24) is 10.2 Å². The molecule has 2 aliphatic rings. The van der Waals surface area contributed by atoms with Crippen molar-refractivity contribution in [3.8, 4) is 11.5 Å². The first kappa shape index (κ1) is 29.2. The van der Waals surface area contributed by atoms with Crippen molar-refractivity contribution in [2.24, 2.45) is 0 Å². The molecule has 0 saturated heterocycles. The Kier molecular flexibility index (Phi) is 9.51. The second kappa shape index (κ2) is 13.0. The maximum atomic E-state index is 13.8. The number of methoxy groups -OCH3 is 1. The maximum Gasteiger partial charge on any atom is 0.249 e. The zero-order chi connectivity index (χ0) is 28.8. The zero-order valence-corrected chi connectivity index (χ0v) is 22.3. The fourth-order valence-corrected chi connectivity index (χ4v) is 5.21. The zero-order valence-electron chi connectivity index (χ0n) is 22.3. The molecule has 4 atom stereocenters. The molecule has 1 aliphatic carbocycles. The highest BCUT2D eigenvalue weighted by molar-refractivity contribution is 5.96. The summed E-state index contributed by atoms with van der Waals surface area (Å²) in [5, 5.41) is 23.5. The van der Waals surface area contributed by atoms with Crippen LogP contribution in [0.3, 0.4) is 0 Å². The number of rotatable bonds is 12. The summed E-state index contributed by atoms with van der Waals surface area (Å²) in [7, 11) is 1.42. The molecule has 0 bridgehead atoms. The Hall–Kier alpha value is -3.80. The number of nitrogens with one attached hydrogen (secondary N) is 1. The van der Waals surface area contributed by atoms with Crippen LogP contribution in [0.4, 0.5) is 4.39 Å². The molecule has 40 heavy (non-hydrogen) atoms.